The van der Waals surface area contributed by atoms with Crippen LogP contribution in [0.5, 0.6) is 0 Å². The molecule has 0 saturated heterocycles. The van der Waals surface area contributed by atoms with Crippen LogP contribution in [0.1, 0.15) is 85.8 Å². The summed E-state index contributed by atoms with van der Waals surface area (Å²) in [6, 6.07) is 0. The highest BCUT2D eigenvalue weighted by Crippen LogP contribution is 2.33. The first-order valence-corrected chi connectivity index (χ1v) is 7.89. The normalized spacial score (nSPS) is 18.0. The van der Waals surface area contributed by atoms with E-state index in [1.54, 1.807) is 0 Å². The molecule has 2 atom stereocenters. The molecule has 0 aliphatic rings. The highest BCUT2D eigenvalue weighted by atomic mass is 15.4. The molecule has 3 heteroatoms. The molecule has 0 amide bonds. The second-order valence-electron chi connectivity index (χ2n) is 6.31. The van der Waals surface area contributed by atoms with Gasteiger partial charge in [-0.3, -0.25) is 0 Å². The minimum absolute atomic E-state index is 0.112. The van der Waals surface area contributed by atoms with E-state index in [0.29, 0.717) is 0 Å². The lowest BCUT2D eigenvalue weighted by atomic mass is 9.80. The zero-order chi connectivity index (χ0) is 14.5. The summed E-state index contributed by atoms with van der Waals surface area (Å²) in [7, 11) is 0. The third kappa shape index (κ3) is 3.37. The van der Waals surface area contributed by atoms with Gasteiger partial charge in [0.05, 0.1) is 11.2 Å². The van der Waals surface area contributed by atoms with Crippen molar-refractivity contribution in [2.45, 2.75) is 91.0 Å². The van der Waals surface area contributed by atoms with Crippen molar-refractivity contribution >= 4 is 0 Å². The topological polar surface area (TPSA) is 30.7 Å². The van der Waals surface area contributed by atoms with Gasteiger partial charge in [0.15, 0.2) is 0 Å². The van der Waals surface area contributed by atoms with Crippen molar-refractivity contribution in [1.29, 1.82) is 0 Å². The fraction of sp³-hybridized carbons (Fsp3) is 0.875. The van der Waals surface area contributed by atoms with Crippen LogP contribution >= 0.6 is 0 Å². The standard InChI is InChI=1S/C16H31N3/c1-7-11-15(5,9-3)14-13-19(18-17-14)16(6,10-4)12-8-2/h13H,7-12H2,1-6H3. The molecule has 0 spiro atoms. The van der Waals surface area contributed by atoms with E-state index in [-0.39, 0.29) is 11.0 Å². The predicted molar refractivity (Wildman–Crippen MR) is 81.4 cm³/mol. The molecular weight excluding hydrogens is 234 g/mol. The Bertz CT molecular complexity index is 351. The van der Waals surface area contributed by atoms with Crippen LogP contribution in [0.4, 0.5) is 0 Å². The van der Waals surface area contributed by atoms with E-state index in [1.165, 1.54) is 19.3 Å². The van der Waals surface area contributed by atoms with Gasteiger partial charge in [0.2, 0.25) is 0 Å². The first-order chi connectivity index (χ1) is 8.95. The molecule has 0 bridgehead atoms. The molecule has 0 aliphatic heterocycles. The smallest absolute Gasteiger partial charge is 0.0886 e. The van der Waals surface area contributed by atoms with Crippen LogP contribution in [0, 0.1) is 0 Å². The maximum Gasteiger partial charge on any atom is 0.0886 e. The summed E-state index contributed by atoms with van der Waals surface area (Å²) in [4.78, 5) is 0. The molecule has 0 fully saturated rings. The Morgan fingerprint density at radius 3 is 2.11 bits per heavy atom. The molecular formula is C16H31N3. The Labute approximate surface area is 118 Å². The molecule has 0 aromatic carbocycles. The molecule has 110 valence electrons. The van der Waals surface area contributed by atoms with Crippen molar-refractivity contribution in [3.8, 4) is 0 Å². The van der Waals surface area contributed by atoms with Crippen molar-refractivity contribution in [2.24, 2.45) is 0 Å². The zero-order valence-corrected chi connectivity index (χ0v) is 13.7. The van der Waals surface area contributed by atoms with Crippen LogP contribution in [-0.4, -0.2) is 15.0 Å². The van der Waals surface area contributed by atoms with Gasteiger partial charge in [0.1, 0.15) is 0 Å². The average Bonchev–Trinajstić information content (AvgIpc) is 2.90. The number of rotatable bonds is 8. The van der Waals surface area contributed by atoms with E-state index in [2.05, 4.69) is 62.7 Å². The number of hydrogen-bond donors (Lipinski definition) is 0. The molecule has 1 heterocycles. The summed E-state index contributed by atoms with van der Waals surface area (Å²) in [6.45, 7) is 13.6. The van der Waals surface area contributed by atoms with Gasteiger partial charge < -0.3 is 0 Å². The molecule has 1 aromatic heterocycles. The van der Waals surface area contributed by atoms with Crippen LogP contribution in [0.2, 0.25) is 0 Å². The molecule has 1 aromatic rings. The van der Waals surface area contributed by atoms with Crippen LogP contribution < -0.4 is 0 Å². The molecule has 0 N–H and O–H groups in total. The predicted octanol–water partition coefficient (Wildman–Crippen LogP) is 4.67. The highest BCUT2D eigenvalue weighted by molar-refractivity contribution is 5.11. The Balaban J connectivity index is 3.04. The van der Waals surface area contributed by atoms with E-state index < -0.39 is 0 Å². The molecule has 19 heavy (non-hydrogen) atoms. The minimum Gasteiger partial charge on any atom is -0.246 e. The maximum absolute atomic E-state index is 4.49. The summed E-state index contributed by atoms with van der Waals surface area (Å²) >= 11 is 0. The average molecular weight is 265 g/mol. The van der Waals surface area contributed by atoms with Crippen LogP contribution in [0.3, 0.4) is 0 Å². The minimum atomic E-state index is 0.112. The van der Waals surface area contributed by atoms with Gasteiger partial charge in [0.25, 0.3) is 0 Å². The SMILES string of the molecule is CCCC(C)(CC)c1cn(C(C)(CC)CCC)nn1. The lowest BCUT2D eigenvalue weighted by Crippen LogP contribution is -2.30. The van der Waals surface area contributed by atoms with Crippen molar-refractivity contribution < 1.29 is 0 Å². The molecule has 3 nitrogen and oxygen atoms in total. The van der Waals surface area contributed by atoms with Crippen molar-refractivity contribution in [1.82, 2.24) is 15.0 Å². The van der Waals surface area contributed by atoms with Gasteiger partial charge in [-0.05, 0) is 32.6 Å². The molecule has 0 saturated carbocycles. The van der Waals surface area contributed by atoms with Gasteiger partial charge in [0, 0.05) is 11.6 Å². The van der Waals surface area contributed by atoms with Crippen LogP contribution in [0.25, 0.3) is 0 Å². The Morgan fingerprint density at radius 2 is 1.63 bits per heavy atom. The van der Waals surface area contributed by atoms with Gasteiger partial charge in [-0.1, -0.05) is 52.7 Å². The summed E-state index contributed by atoms with van der Waals surface area (Å²) in [5.74, 6) is 0. The monoisotopic (exact) mass is 265 g/mol. The van der Waals surface area contributed by atoms with Gasteiger partial charge in [-0.2, -0.15) is 0 Å². The van der Waals surface area contributed by atoms with Crippen LogP contribution in [-0.2, 0) is 11.0 Å². The van der Waals surface area contributed by atoms with Crippen molar-refractivity contribution in [3.05, 3.63) is 11.9 Å². The van der Waals surface area contributed by atoms with E-state index in [0.717, 1.165) is 25.0 Å². The molecule has 0 aliphatic carbocycles. The van der Waals surface area contributed by atoms with Gasteiger partial charge >= 0.3 is 0 Å². The first kappa shape index (κ1) is 16.2. The summed E-state index contributed by atoms with van der Waals surface area (Å²) in [5, 5.41) is 8.93. The second-order valence-corrected chi connectivity index (χ2v) is 6.31. The number of aromatic nitrogens is 3. The van der Waals surface area contributed by atoms with E-state index in [4.69, 9.17) is 0 Å². The third-order valence-corrected chi connectivity index (χ3v) is 4.80. The number of nitrogens with zero attached hydrogens (tertiary/aromatic N) is 3. The first-order valence-electron chi connectivity index (χ1n) is 7.89. The highest BCUT2D eigenvalue weighted by Gasteiger charge is 2.30. The Kier molecular flexibility index (Phi) is 5.57. The van der Waals surface area contributed by atoms with E-state index in [9.17, 15) is 0 Å². The Morgan fingerprint density at radius 1 is 1.00 bits per heavy atom. The quantitative estimate of drug-likeness (QED) is 0.683. The second kappa shape index (κ2) is 6.53. The molecule has 1 rings (SSSR count). The third-order valence-electron chi connectivity index (χ3n) is 4.80. The number of hydrogen-bond acceptors (Lipinski definition) is 2. The zero-order valence-electron chi connectivity index (χ0n) is 13.7. The van der Waals surface area contributed by atoms with Gasteiger partial charge in [-0.15, -0.1) is 5.10 Å². The molecule has 2 unspecified atom stereocenters. The van der Waals surface area contributed by atoms with Crippen molar-refractivity contribution in [2.75, 3.05) is 0 Å². The Hall–Kier alpha value is -0.860. The summed E-state index contributed by atoms with van der Waals surface area (Å²) < 4.78 is 2.11. The lowest BCUT2D eigenvalue weighted by molar-refractivity contribution is 0.246. The fourth-order valence-corrected chi connectivity index (χ4v) is 2.83. The lowest BCUT2D eigenvalue weighted by Gasteiger charge is -2.28. The maximum atomic E-state index is 4.49. The largest absolute Gasteiger partial charge is 0.246 e. The van der Waals surface area contributed by atoms with E-state index >= 15 is 0 Å². The summed E-state index contributed by atoms with van der Waals surface area (Å²) in [5.41, 5.74) is 1.45. The van der Waals surface area contributed by atoms with Crippen LogP contribution in [0.15, 0.2) is 6.20 Å². The fourth-order valence-electron chi connectivity index (χ4n) is 2.83. The van der Waals surface area contributed by atoms with Crippen molar-refractivity contribution in [3.63, 3.8) is 0 Å². The summed E-state index contributed by atoms with van der Waals surface area (Å²) in [6.07, 6.45) is 9.12. The van der Waals surface area contributed by atoms with Gasteiger partial charge in [-0.25, -0.2) is 4.68 Å². The van der Waals surface area contributed by atoms with E-state index in [1.807, 2.05) is 0 Å². The molecule has 0 radical (unpaired) electrons.